The van der Waals surface area contributed by atoms with Crippen molar-refractivity contribution >= 4 is 34.2 Å². The molecule has 0 saturated carbocycles. The van der Waals surface area contributed by atoms with E-state index in [0.29, 0.717) is 35.3 Å². The molecule has 0 fully saturated rings. The monoisotopic (exact) mass is 533 g/mol. The van der Waals surface area contributed by atoms with Crippen LogP contribution in [0.25, 0.3) is 6.08 Å². The number of hydrogen-bond donors (Lipinski definition) is 1. The highest BCUT2D eigenvalue weighted by Crippen LogP contribution is 2.44. The average Bonchev–Trinajstić information content (AvgIpc) is 3.46. The molecule has 1 unspecified atom stereocenters. The fraction of sp³-hybridized carbons (Fsp3) is 0.310. The second kappa shape index (κ2) is 12.5. The summed E-state index contributed by atoms with van der Waals surface area (Å²) in [7, 11) is 0. The van der Waals surface area contributed by atoms with Gasteiger partial charge >= 0.3 is 0 Å². The number of rotatable bonds is 12. The molecule has 1 N–H and O–H groups in total. The lowest BCUT2D eigenvalue weighted by molar-refractivity contribution is -0.117. The first-order valence-corrected chi connectivity index (χ1v) is 13.5. The van der Waals surface area contributed by atoms with Crippen LogP contribution in [0.15, 0.2) is 65.9 Å². The standard InChI is InChI=1S/C29H31N3O5S/c1-4-6-10-17-37-23-16-14-21(18-24(23)36-5-2)26-25(22(33)15-13-20-11-8-7-9-12-20)27(34)28(35)32(26)29-31-30-19(3)38-29/h7-9,11-16,18,26,34H,4-6,10,17H2,1-3H3/b15-13+. The molecule has 1 atom stereocenters. The maximum Gasteiger partial charge on any atom is 0.296 e. The van der Waals surface area contributed by atoms with Crippen molar-refractivity contribution in [2.45, 2.75) is 46.1 Å². The van der Waals surface area contributed by atoms with Crippen molar-refractivity contribution in [2.75, 3.05) is 18.1 Å². The SMILES string of the molecule is CCCCCOc1ccc(C2C(C(=O)/C=C/c3ccccc3)=C(O)C(=O)N2c2nnc(C)s2)cc1OCC. The topological polar surface area (TPSA) is 102 Å². The van der Waals surface area contributed by atoms with Crippen LogP contribution in [0.1, 0.15) is 55.3 Å². The third-order valence-corrected chi connectivity index (χ3v) is 6.85. The maximum atomic E-state index is 13.4. The summed E-state index contributed by atoms with van der Waals surface area (Å²) in [6, 6.07) is 13.7. The number of carbonyl (C=O) groups is 2. The lowest BCUT2D eigenvalue weighted by atomic mass is 9.95. The van der Waals surface area contributed by atoms with Crippen LogP contribution < -0.4 is 14.4 Å². The molecule has 8 nitrogen and oxygen atoms in total. The summed E-state index contributed by atoms with van der Waals surface area (Å²) in [5.74, 6) is -0.713. The van der Waals surface area contributed by atoms with Crippen LogP contribution >= 0.6 is 11.3 Å². The predicted molar refractivity (Wildman–Crippen MR) is 148 cm³/mol. The minimum Gasteiger partial charge on any atom is -0.503 e. The van der Waals surface area contributed by atoms with Crippen molar-refractivity contribution in [3.8, 4) is 11.5 Å². The molecular weight excluding hydrogens is 502 g/mol. The third-order valence-electron chi connectivity index (χ3n) is 6.01. The van der Waals surface area contributed by atoms with Gasteiger partial charge in [0.2, 0.25) is 5.13 Å². The van der Waals surface area contributed by atoms with Gasteiger partial charge in [-0.05, 0) is 49.6 Å². The van der Waals surface area contributed by atoms with E-state index in [1.165, 1.54) is 22.3 Å². The number of benzene rings is 2. The first kappa shape index (κ1) is 27.1. The molecule has 1 aromatic heterocycles. The van der Waals surface area contributed by atoms with E-state index in [2.05, 4.69) is 17.1 Å². The van der Waals surface area contributed by atoms with Crippen LogP contribution in [-0.2, 0) is 9.59 Å². The Bertz CT molecular complexity index is 1350. The van der Waals surface area contributed by atoms with Crippen molar-refractivity contribution in [2.24, 2.45) is 0 Å². The number of ether oxygens (including phenoxy) is 2. The number of hydrogen-bond acceptors (Lipinski definition) is 8. The molecule has 0 aliphatic carbocycles. The second-order valence-corrected chi connectivity index (χ2v) is 9.91. The Kier molecular flexibility index (Phi) is 8.91. The first-order valence-electron chi connectivity index (χ1n) is 12.7. The maximum absolute atomic E-state index is 13.4. The van der Waals surface area contributed by atoms with Crippen LogP contribution in [0.2, 0.25) is 0 Å². The number of aromatic nitrogens is 2. The van der Waals surface area contributed by atoms with Gasteiger partial charge in [-0.25, -0.2) is 0 Å². The molecule has 0 spiro atoms. The van der Waals surface area contributed by atoms with Crippen LogP contribution in [0.5, 0.6) is 11.5 Å². The Morgan fingerprint density at radius 3 is 2.55 bits per heavy atom. The highest BCUT2D eigenvalue weighted by Gasteiger charge is 2.45. The highest BCUT2D eigenvalue weighted by molar-refractivity contribution is 7.15. The summed E-state index contributed by atoms with van der Waals surface area (Å²) >= 11 is 1.21. The van der Waals surface area contributed by atoms with Gasteiger partial charge in [0.25, 0.3) is 5.91 Å². The molecule has 2 heterocycles. The number of aliphatic hydroxyl groups excluding tert-OH is 1. The summed E-state index contributed by atoms with van der Waals surface area (Å²) in [5.41, 5.74) is 1.37. The molecule has 2 aromatic carbocycles. The van der Waals surface area contributed by atoms with E-state index in [1.807, 2.05) is 37.3 Å². The van der Waals surface area contributed by atoms with Gasteiger partial charge in [-0.15, -0.1) is 10.2 Å². The summed E-state index contributed by atoms with van der Waals surface area (Å²) in [4.78, 5) is 28.1. The van der Waals surface area contributed by atoms with E-state index in [-0.39, 0.29) is 10.7 Å². The van der Waals surface area contributed by atoms with Crippen LogP contribution in [0.3, 0.4) is 0 Å². The van der Waals surface area contributed by atoms with Crippen molar-refractivity contribution < 1.29 is 24.2 Å². The molecule has 1 aliphatic heterocycles. The Balaban J connectivity index is 1.74. The fourth-order valence-corrected chi connectivity index (χ4v) is 4.91. The molecule has 0 radical (unpaired) electrons. The van der Waals surface area contributed by atoms with E-state index >= 15 is 0 Å². The molecule has 0 bridgehead atoms. The average molecular weight is 534 g/mol. The minimum atomic E-state index is -0.920. The van der Waals surface area contributed by atoms with Gasteiger partial charge in [0, 0.05) is 0 Å². The first-order chi connectivity index (χ1) is 18.4. The van der Waals surface area contributed by atoms with Crippen molar-refractivity contribution in [1.82, 2.24) is 10.2 Å². The molecule has 3 aromatic rings. The summed E-state index contributed by atoms with van der Waals surface area (Å²) in [5, 5.41) is 20.0. The summed E-state index contributed by atoms with van der Waals surface area (Å²) < 4.78 is 11.8. The third kappa shape index (κ3) is 5.94. The van der Waals surface area contributed by atoms with Gasteiger partial charge in [-0.2, -0.15) is 0 Å². The Labute approximate surface area is 226 Å². The Hall–Kier alpha value is -3.98. The largest absolute Gasteiger partial charge is 0.503 e. The van der Waals surface area contributed by atoms with Crippen LogP contribution in [0, 0.1) is 6.92 Å². The van der Waals surface area contributed by atoms with E-state index in [4.69, 9.17) is 9.47 Å². The van der Waals surface area contributed by atoms with Gasteiger partial charge in [0.1, 0.15) is 5.01 Å². The number of ketones is 1. The van der Waals surface area contributed by atoms with Crippen molar-refractivity contribution in [1.29, 1.82) is 0 Å². The smallest absolute Gasteiger partial charge is 0.296 e. The molecule has 38 heavy (non-hydrogen) atoms. The molecule has 9 heteroatoms. The van der Waals surface area contributed by atoms with E-state index in [1.54, 1.807) is 31.2 Å². The van der Waals surface area contributed by atoms with Gasteiger partial charge in [-0.1, -0.05) is 73.6 Å². The highest BCUT2D eigenvalue weighted by atomic mass is 32.1. The summed E-state index contributed by atoms with van der Waals surface area (Å²) in [6.45, 7) is 6.74. The quantitative estimate of drug-likeness (QED) is 0.225. The predicted octanol–water partition coefficient (Wildman–Crippen LogP) is 6.00. The number of unbranched alkanes of at least 4 members (excludes halogenated alkanes) is 2. The van der Waals surface area contributed by atoms with Gasteiger partial charge in [-0.3, -0.25) is 14.5 Å². The zero-order valence-electron chi connectivity index (χ0n) is 21.7. The Morgan fingerprint density at radius 2 is 1.87 bits per heavy atom. The second-order valence-electron chi connectivity index (χ2n) is 8.75. The minimum absolute atomic E-state index is 0.0332. The van der Waals surface area contributed by atoms with Crippen molar-refractivity contribution in [3.63, 3.8) is 0 Å². The zero-order chi connectivity index (χ0) is 27.1. The lowest BCUT2D eigenvalue weighted by Gasteiger charge is -2.24. The van der Waals surface area contributed by atoms with Gasteiger partial charge in [0.15, 0.2) is 23.0 Å². The fourth-order valence-electron chi connectivity index (χ4n) is 4.20. The number of amides is 1. The molecular formula is C29H31N3O5S. The van der Waals surface area contributed by atoms with Gasteiger partial charge < -0.3 is 14.6 Å². The van der Waals surface area contributed by atoms with Gasteiger partial charge in [0.05, 0.1) is 24.8 Å². The van der Waals surface area contributed by atoms with Crippen LogP contribution in [-0.4, -0.2) is 40.2 Å². The van der Waals surface area contributed by atoms with E-state index in [0.717, 1.165) is 24.8 Å². The normalized spacial score (nSPS) is 15.5. The number of allylic oxidation sites excluding steroid dienone is 1. The Morgan fingerprint density at radius 1 is 1.08 bits per heavy atom. The molecule has 1 amide bonds. The number of aliphatic hydroxyl groups is 1. The van der Waals surface area contributed by atoms with Crippen molar-refractivity contribution in [3.05, 3.63) is 82.1 Å². The molecule has 1 aliphatic rings. The molecule has 4 rings (SSSR count). The lowest BCUT2D eigenvalue weighted by Crippen LogP contribution is -2.31. The number of carbonyl (C=O) groups excluding carboxylic acids is 2. The molecule has 198 valence electrons. The van der Waals surface area contributed by atoms with E-state index < -0.39 is 23.5 Å². The number of anilines is 1. The number of aryl methyl sites for hydroxylation is 1. The van der Waals surface area contributed by atoms with Crippen LogP contribution in [0.4, 0.5) is 5.13 Å². The summed E-state index contributed by atoms with van der Waals surface area (Å²) in [6.07, 6.45) is 6.09. The van der Waals surface area contributed by atoms with E-state index in [9.17, 15) is 14.7 Å². The molecule has 0 saturated heterocycles. The zero-order valence-corrected chi connectivity index (χ0v) is 22.5. The number of nitrogens with zero attached hydrogens (tertiary/aromatic N) is 3.